The molecule has 0 bridgehead atoms. The van der Waals surface area contributed by atoms with Crippen molar-refractivity contribution in [2.24, 2.45) is 0 Å². The van der Waals surface area contributed by atoms with Gasteiger partial charge in [0.2, 0.25) is 0 Å². The number of hydrogen-bond acceptors (Lipinski definition) is 4. The Morgan fingerprint density at radius 2 is 1.52 bits per heavy atom. The lowest BCUT2D eigenvalue weighted by atomic mass is 10.2. The van der Waals surface area contributed by atoms with Crippen molar-refractivity contribution in [1.29, 1.82) is 0 Å². The number of carbonyl (C=O) groups excluding carboxylic acids is 1. The molecule has 0 fully saturated rings. The number of benzene rings is 3. The lowest BCUT2D eigenvalue weighted by Crippen LogP contribution is -2.13. The topological polar surface area (TPSA) is 56.8 Å². The second-order valence-corrected chi connectivity index (χ2v) is 6.09. The highest BCUT2D eigenvalue weighted by atomic mass is 16.5. The number of hydrogen-bond donors (Lipinski definition) is 1. The molecule has 5 heteroatoms. The summed E-state index contributed by atoms with van der Waals surface area (Å²) in [5.41, 5.74) is 1.09. The molecule has 0 aliphatic carbocycles. The molecule has 0 saturated carbocycles. The van der Waals surface area contributed by atoms with Crippen LogP contribution in [0.15, 0.2) is 91.5 Å². The smallest absolute Gasteiger partial charge is 0.255 e. The Balaban J connectivity index is 1.56. The molecule has 3 aromatic carbocycles. The van der Waals surface area contributed by atoms with Gasteiger partial charge < -0.3 is 19.5 Å². The minimum absolute atomic E-state index is 0.245. The van der Waals surface area contributed by atoms with Gasteiger partial charge in [0.15, 0.2) is 0 Å². The minimum atomic E-state index is -0.245. The van der Waals surface area contributed by atoms with E-state index in [9.17, 15) is 4.79 Å². The number of para-hydroxylation sites is 3. The normalized spacial score (nSPS) is 10.1. The molecular formula is C24H23NO4. The fourth-order valence-electron chi connectivity index (χ4n) is 2.60. The molecule has 3 aromatic rings. The number of ether oxygens (including phenoxy) is 3. The zero-order valence-corrected chi connectivity index (χ0v) is 16.0. The highest BCUT2D eigenvalue weighted by Gasteiger charge is 2.10. The van der Waals surface area contributed by atoms with E-state index in [4.69, 9.17) is 14.2 Å². The van der Waals surface area contributed by atoms with Crippen LogP contribution in [-0.2, 0) is 0 Å². The zero-order valence-electron chi connectivity index (χ0n) is 16.0. The number of nitrogens with one attached hydrogen (secondary N) is 1. The number of amides is 1. The summed E-state index contributed by atoms with van der Waals surface area (Å²) in [4.78, 5) is 12.6. The van der Waals surface area contributed by atoms with Crippen molar-refractivity contribution < 1.29 is 19.0 Å². The van der Waals surface area contributed by atoms with E-state index in [2.05, 4.69) is 11.9 Å². The van der Waals surface area contributed by atoms with Crippen LogP contribution in [0.1, 0.15) is 10.4 Å². The summed E-state index contributed by atoms with van der Waals surface area (Å²) in [5, 5.41) is 2.87. The van der Waals surface area contributed by atoms with Crippen LogP contribution in [0, 0.1) is 0 Å². The van der Waals surface area contributed by atoms with E-state index in [-0.39, 0.29) is 5.91 Å². The van der Waals surface area contributed by atoms with Crippen molar-refractivity contribution in [2.45, 2.75) is 0 Å². The summed E-state index contributed by atoms with van der Waals surface area (Å²) in [6, 6.07) is 23.8. The first-order valence-electron chi connectivity index (χ1n) is 9.31. The Morgan fingerprint density at radius 1 is 0.828 bits per heavy atom. The summed E-state index contributed by atoms with van der Waals surface area (Å²) in [7, 11) is 0. The van der Waals surface area contributed by atoms with Crippen LogP contribution < -0.4 is 19.5 Å². The Labute approximate surface area is 170 Å². The number of carbonyl (C=O) groups is 1. The lowest BCUT2D eigenvalue weighted by Gasteiger charge is -2.12. The van der Waals surface area contributed by atoms with E-state index in [1.54, 1.807) is 42.5 Å². The molecular weight excluding hydrogens is 366 g/mol. The van der Waals surface area contributed by atoms with Gasteiger partial charge in [-0.05, 0) is 42.5 Å². The molecule has 0 aliphatic heterocycles. The molecule has 5 nitrogen and oxygen atoms in total. The molecule has 0 aliphatic rings. The second kappa shape index (κ2) is 10.6. The average molecular weight is 389 g/mol. The van der Waals surface area contributed by atoms with E-state index < -0.39 is 0 Å². The van der Waals surface area contributed by atoms with Crippen molar-refractivity contribution >= 4 is 11.6 Å². The van der Waals surface area contributed by atoms with Crippen molar-refractivity contribution in [3.63, 3.8) is 0 Å². The van der Waals surface area contributed by atoms with Gasteiger partial charge in [-0.3, -0.25) is 4.79 Å². The van der Waals surface area contributed by atoms with Gasteiger partial charge in [0.25, 0.3) is 5.91 Å². The summed E-state index contributed by atoms with van der Waals surface area (Å²) in [6.45, 7) is 4.78. The van der Waals surface area contributed by atoms with Gasteiger partial charge in [-0.2, -0.15) is 0 Å². The molecule has 0 spiro atoms. The Kier molecular flexibility index (Phi) is 7.29. The lowest BCUT2D eigenvalue weighted by molar-refractivity contribution is 0.102. The molecule has 1 N–H and O–H groups in total. The predicted octanol–water partition coefficient (Wildman–Crippen LogP) is 4.96. The van der Waals surface area contributed by atoms with Crippen molar-refractivity contribution in [2.75, 3.05) is 25.1 Å². The largest absolute Gasteiger partial charge is 0.490 e. The van der Waals surface area contributed by atoms with Gasteiger partial charge in [-0.1, -0.05) is 49.1 Å². The third-order valence-corrected chi connectivity index (χ3v) is 3.95. The fraction of sp³-hybridized carbons (Fsp3) is 0.125. The summed E-state index contributed by atoms with van der Waals surface area (Å²) in [6.07, 6.45) is 1.65. The van der Waals surface area contributed by atoms with Gasteiger partial charge in [0, 0.05) is 5.56 Å². The van der Waals surface area contributed by atoms with E-state index in [0.717, 1.165) is 5.75 Å². The molecule has 0 atom stereocenters. The standard InChI is InChI=1S/C24H23NO4/c1-2-15-29-23-14-7-6-13-22(23)25-24(26)19-9-8-12-21(18-19)28-17-16-27-20-10-4-3-5-11-20/h2-14,18H,1,15-17H2,(H,25,26). The monoisotopic (exact) mass is 389 g/mol. The van der Waals surface area contributed by atoms with E-state index in [1.165, 1.54) is 0 Å². The van der Waals surface area contributed by atoms with Crippen molar-refractivity contribution in [3.8, 4) is 17.2 Å². The molecule has 29 heavy (non-hydrogen) atoms. The summed E-state index contributed by atoms with van der Waals surface area (Å²) >= 11 is 0. The molecule has 0 aromatic heterocycles. The predicted molar refractivity (Wildman–Crippen MR) is 114 cm³/mol. The minimum Gasteiger partial charge on any atom is -0.490 e. The fourth-order valence-corrected chi connectivity index (χ4v) is 2.60. The number of anilines is 1. The van der Waals surface area contributed by atoms with Gasteiger partial charge in [0.1, 0.15) is 37.1 Å². The van der Waals surface area contributed by atoms with Crippen LogP contribution >= 0.6 is 0 Å². The molecule has 3 rings (SSSR count). The Hall–Kier alpha value is -3.73. The highest BCUT2D eigenvalue weighted by molar-refractivity contribution is 6.05. The summed E-state index contributed by atoms with van der Waals surface area (Å²) < 4.78 is 16.9. The quantitative estimate of drug-likeness (QED) is 0.393. The third-order valence-electron chi connectivity index (χ3n) is 3.95. The number of rotatable bonds is 10. The molecule has 0 radical (unpaired) electrons. The molecule has 148 valence electrons. The maximum absolute atomic E-state index is 12.6. The third kappa shape index (κ3) is 6.14. The SMILES string of the molecule is C=CCOc1ccccc1NC(=O)c1cccc(OCCOc2ccccc2)c1. The molecule has 0 unspecified atom stereocenters. The molecule has 0 heterocycles. The van der Waals surface area contributed by atoms with Gasteiger partial charge >= 0.3 is 0 Å². The van der Waals surface area contributed by atoms with Gasteiger partial charge in [0.05, 0.1) is 5.69 Å². The first-order valence-corrected chi connectivity index (χ1v) is 9.31. The first kappa shape index (κ1) is 20.0. The van der Waals surface area contributed by atoms with E-state index >= 15 is 0 Å². The molecule has 1 amide bonds. The van der Waals surface area contributed by atoms with Crippen molar-refractivity contribution in [1.82, 2.24) is 0 Å². The summed E-state index contributed by atoms with van der Waals surface area (Å²) in [5.74, 6) is 1.74. The average Bonchev–Trinajstić information content (AvgIpc) is 2.77. The Bertz CT molecular complexity index is 940. The van der Waals surface area contributed by atoms with E-state index in [0.29, 0.717) is 42.6 Å². The highest BCUT2D eigenvalue weighted by Crippen LogP contribution is 2.25. The maximum Gasteiger partial charge on any atom is 0.255 e. The van der Waals surface area contributed by atoms with Crippen LogP contribution in [0.4, 0.5) is 5.69 Å². The Morgan fingerprint density at radius 3 is 2.31 bits per heavy atom. The van der Waals surface area contributed by atoms with Crippen LogP contribution in [0.3, 0.4) is 0 Å². The van der Waals surface area contributed by atoms with Gasteiger partial charge in [-0.15, -0.1) is 0 Å². The van der Waals surface area contributed by atoms with Crippen LogP contribution in [0.2, 0.25) is 0 Å². The zero-order chi connectivity index (χ0) is 20.3. The van der Waals surface area contributed by atoms with Gasteiger partial charge in [-0.25, -0.2) is 0 Å². The van der Waals surface area contributed by atoms with Crippen LogP contribution in [-0.4, -0.2) is 25.7 Å². The maximum atomic E-state index is 12.6. The second-order valence-electron chi connectivity index (χ2n) is 6.09. The van der Waals surface area contributed by atoms with Crippen LogP contribution in [0.5, 0.6) is 17.2 Å². The van der Waals surface area contributed by atoms with Crippen LogP contribution in [0.25, 0.3) is 0 Å². The van der Waals surface area contributed by atoms with Crippen molar-refractivity contribution in [3.05, 3.63) is 97.1 Å². The first-order chi connectivity index (χ1) is 14.3. The molecule has 0 saturated heterocycles. The van der Waals surface area contributed by atoms with E-state index in [1.807, 2.05) is 42.5 Å².